The second-order valence-electron chi connectivity index (χ2n) is 3.73. The summed E-state index contributed by atoms with van der Waals surface area (Å²) in [5, 5.41) is 0. The molecule has 1 aliphatic heterocycles. The first-order valence-corrected chi connectivity index (χ1v) is 5.91. The lowest BCUT2D eigenvalue weighted by molar-refractivity contribution is 0.313. The van der Waals surface area contributed by atoms with Crippen molar-refractivity contribution in [2.24, 2.45) is 0 Å². The van der Waals surface area contributed by atoms with E-state index in [2.05, 4.69) is 21.8 Å². The van der Waals surface area contributed by atoms with Gasteiger partial charge in [0.2, 0.25) is 0 Å². The van der Waals surface area contributed by atoms with Crippen LogP contribution in [0.25, 0.3) is 0 Å². The van der Waals surface area contributed by atoms with E-state index in [0.717, 1.165) is 26.2 Å². The van der Waals surface area contributed by atoms with Crippen LogP contribution in [0.3, 0.4) is 0 Å². The van der Waals surface area contributed by atoms with Crippen LogP contribution in [-0.4, -0.2) is 43.1 Å². The quantitative estimate of drug-likeness (QED) is 0.781. The lowest BCUT2D eigenvalue weighted by Crippen LogP contribution is -2.44. The Morgan fingerprint density at radius 1 is 1.19 bits per heavy atom. The molecule has 0 amide bonds. The Kier molecular flexibility index (Phi) is 5.05. The highest BCUT2D eigenvalue weighted by Crippen LogP contribution is 2.16. The van der Waals surface area contributed by atoms with Crippen LogP contribution < -0.4 is 10.6 Å². The number of nitrogens with zero attached hydrogens (tertiary/aromatic N) is 3. The average Bonchev–Trinajstić information content (AvgIpc) is 2.32. The zero-order chi connectivity index (χ0) is 12.0. The van der Waals surface area contributed by atoms with E-state index in [1.165, 1.54) is 5.69 Å². The van der Waals surface area contributed by atoms with Crippen LogP contribution in [0.5, 0.6) is 0 Å². The van der Waals surface area contributed by atoms with Gasteiger partial charge in [0.1, 0.15) is 5.82 Å². The van der Waals surface area contributed by atoms with Gasteiger partial charge in [0.05, 0.1) is 0 Å². The molecule has 0 radical (unpaired) electrons. The van der Waals surface area contributed by atoms with Crippen molar-refractivity contribution in [1.29, 1.82) is 0 Å². The Morgan fingerprint density at radius 3 is 2.38 bits per heavy atom. The lowest BCUT2D eigenvalue weighted by atomic mass is 10.3. The molecule has 1 aromatic rings. The number of aromatic nitrogens is 1. The van der Waals surface area contributed by atoms with Crippen LogP contribution in [0.1, 0.15) is 13.8 Å². The summed E-state index contributed by atoms with van der Waals surface area (Å²) in [6.07, 6.45) is 1.77. The molecule has 0 aliphatic carbocycles. The molecule has 0 aromatic carbocycles. The Morgan fingerprint density at radius 2 is 1.81 bits per heavy atom. The van der Waals surface area contributed by atoms with Crippen molar-refractivity contribution >= 4 is 11.5 Å². The number of pyridine rings is 1. The van der Waals surface area contributed by atoms with E-state index in [9.17, 15) is 0 Å². The summed E-state index contributed by atoms with van der Waals surface area (Å²) in [5.74, 6) is 0.599. The molecule has 2 heterocycles. The van der Waals surface area contributed by atoms with Crippen molar-refractivity contribution in [2.75, 3.05) is 43.9 Å². The number of hydrogen-bond acceptors (Lipinski definition) is 4. The first kappa shape index (κ1) is 12.8. The van der Waals surface area contributed by atoms with Gasteiger partial charge in [-0.15, -0.1) is 0 Å². The van der Waals surface area contributed by atoms with Crippen LogP contribution in [-0.2, 0) is 0 Å². The summed E-state index contributed by atoms with van der Waals surface area (Å²) >= 11 is 0. The van der Waals surface area contributed by atoms with Gasteiger partial charge in [0.15, 0.2) is 0 Å². The minimum absolute atomic E-state index is 0.599. The molecule has 0 atom stereocenters. The van der Waals surface area contributed by atoms with Gasteiger partial charge in [-0.25, -0.2) is 4.98 Å². The number of likely N-dealkylation sites (N-methyl/N-ethyl adjacent to an activating group) is 1. The van der Waals surface area contributed by atoms with Crippen molar-refractivity contribution in [2.45, 2.75) is 13.8 Å². The summed E-state index contributed by atoms with van der Waals surface area (Å²) in [6.45, 7) is 8.37. The number of piperazine rings is 1. The molecule has 1 aliphatic rings. The maximum atomic E-state index is 5.64. The van der Waals surface area contributed by atoms with Crippen LogP contribution in [0.4, 0.5) is 11.5 Å². The number of nitrogen functional groups attached to an aromatic ring is 1. The normalized spacial score (nSPS) is 16.6. The van der Waals surface area contributed by atoms with E-state index in [1.807, 2.05) is 26.0 Å². The van der Waals surface area contributed by atoms with Crippen LogP contribution in [0, 0.1) is 0 Å². The van der Waals surface area contributed by atoms with Crippen LogP contribution in [0.2, 0.25) is 0 Å². The summed E-state index contributed by atoms with van der Waals surface area (Å²) < 4.78 is 0. The molecule has 90 valence electrons. The summed E-state index contributed by atoms with van der Waals surface area (Å²) in [6, 6.07) is 3.95. The van der Waals surface area contributed by atoms with Crippen molar-refractivity contribution in [3.63, 3.8) is 0 Å². The molecule has 2 N–H and O–H groups in total. The van der Waals surface area contributed by atoms with Gasteiger partial charge in [-0.3, -0.25) is 0 Å². The molecular weight excluding hydrogens is 200 g/mol. The second kappa shape index (κ2) is 6.33. The van der Waals surface area contributed by atoms with E-state index in [1.54, 1.807) is 6.20 Å². The molecule has 4 heteroatoms. The van der Waals surface area contributed by atoms with E-state index >= 15 is 0 Å². The Balaban J connectivity index is 0.000000606. The van der Waals surface area contributed by atoms with E-state index in [0.29, 0.717) is 5.82 Å². The fourth-order valence-corrected chi connectivity index (χ4v) is 1.70. The highest BCUT2D eigenvalue weighted by molar-refractivity contribution is 5.52. The number of hydrogen-bond donors (Lipinski definition) is 1. The average molecular weight is 222 g/mol. The van der Waals surface area contributed by atoms with Gasteiger partial charge < -0.3 is 15.5 Å². The van der Waals surface area contributed by atoms with Crippen molar-refractivity contribution < 1.29 is 0 Å². The minimum Gasteiger partial charge on any atom is -0.384 e. The van der Waals surface area contributed by atoms with Crippen LogP contribution in [0.15, 0.2) is 18.3 Å². The third kappa shape index (κ3) is 3.38. The van der Waals surface area contributed by atoms with Gasteiger partial charge in [-0.2, -0.15) is 0 Å². The molecule has 4 nitrogen and oxygen atoms in total. The first-order valence-electron chi connectivity index (χ1n) is 5.91. The number of nitrogens with two attached hydrogens (primary N) is 1. The maximum Gasteiger partial charge on any atom is 0.125 e. The molecule has 1 saturated heterocycles. The molecule has 1 fully saturated rings. The molecule has 0 spiro atoms. The van der Waals surface area contributed by atoms with Gasteiger partial charge in [0, 0.05) is 44.1 Å². The van der Waals surface area contributed by atoms with E-state index < -0.39 is 0 Å². The zero-order valence-electron chi connectivity index (χ0n) is 10.5. The fourth-order valence-electron chi connectivity index (χ4n) is 1.70. The summed E-state index contributed by atoms with van der Waals surface area (Å²) in [5.41, 5.74) is 6.83. The number of anilines is 2. The molecule has 1 aromatic heterocycles. The Labute approximate surface area is 98.1 Å². The third-order valence-corrected chi connectivity index (χ3v) is 2.63. The topological polar surface area (TPSA) is 45.4 Å². The Bertz CT molecular complexity index is 306. The largest absolute Gasteiger partial charge is 0.384 e. The van der Waals surface area contributed by atoms with Gasteiger partial charge in [0.25, 0.3) is 0 Å². The Hall–Kier alpha value is -1.29. The van der Waals surface area contributed by atoms with Crippen molar-refractivity contribution in [3.8, 4) is 0 Å². The monoisotopic (exact) mass is 222 g/mol. The van der Waals surface area contributed by atoms with Gasteiger partial charge in [-0.05, 0) is 13.1 Å². The van der Waals surface area contributed by atoms with Crippen molar-refractivity contribution in [3.05, 3.63) is 18.3 Å². The van der Waals surface area contributed by atoms with E-state index in [4.69, 9.17) is 5.73 Å². The maximum absolute atomic E-state index is 5.64. The molecular formula is C12H22N4. The van der Waals surface area contributed by atoms with Gasteiger partial charge in [-0.1, -0.05) is 13.8 Å². The standard InChI is InChI=1S/C10H16N4.C2H6/c1-13-4-6-14(7-5-13)9-2-3-12-10(11)8-9;1-2/h2-3,8H,4-7H2,1H3,(H2,11,12);1-2H3. The predicted molar refractivity (Wildman–Crippen MR) is 69.7 cm³/mol. The summed E-state index contributed by atoms with van der Waals surface area (Å²) in [7, 11) is 2.15. The van der Waals surface area contributed by atoms with Gasteiger partial charge >= 0.3 is 0 Å². The fraction of sp³-hybridized carbons (Fsp3) is 0.583. The van der Waals surface area contributed by atoms with E-state index in [-0.39, 0.29) is 0 Å². The molecule has 0 bridgehead atoms. The first-order chi connectivity index (χ1) is 7.75. The molecule has 0 saturated carbocycles. The predicted octanol–water partition coefficient (Wildman–Crippen LogP) is 1.44. The smallest absolute Gasteiger partial charge is 0.125 e. The molecule has 0 unspecified atom stereocenters. The number of rotatable bonds is 1. The third-order valence-electron chi connectivity index (χ3n) is 2.63. The van der Waals surface area contributed by atoms with Crippen LogP contribution >= 0.6 is 0 Å². The minimum atomic E-state index is 0.599. The highest BCUT2D eigenvalue weighted by Gasteiger charge is 2.13. The summed E-state index contributed by atoms with van der Waals surface area (Å²) in [4.78, 5) is 8.67. The SMILES string of the molecule is CC.CN1CCN(c2ccnc(N)c2)CC1. The second-order valence-corrected chi connectivity index (χ2v) is 3.73. The highest BCUT2D eigenvalue weighted by atomic mass is 15.2. The molecule has 2 rings (SSSR count). The van der Waals surface area contributed by atoms with Crippen molar-refractivity contribution in [1.82, 2.24) is 9.88 Å². The molecule has 16 heavy (non-hydrogen) atoms. The zero-order valence-corrected chi connectivity index (χ0v) is 10.5. The lowest BCUT2D eigenvalue weighted by Gasteiger charge is -2.34.